The minimum absolute atomic E-state index is 0.0644. The van der Waals surface area contributed by atoms with Crippen molar-refractivity contribution in [2.24, 2.45) is 0 Å². The highest BCUT2D eigenvalue weighted by molar-refractivity contribution is 5.78. The fourth-order valence-corrected chi connectivity index (χ4v) is 1.93. The maximum absolute atomic E-state index is 9.87. The summed E-state index contributed by atoms with van der Waals surface area (Å²) in [5.74, 6) is -0.667. The van der Waals surface area contributed by atoms with Gasteiger partial charge in [0.25, 0.3) is 0 Å². The number of rotatable bonds is 1. The van der Waals surface area contributed by atoms with Crippen LogP contribution in [0, 0.1) is 13.8 Å². The molecule has 0 fully saturated rings. The largest absolute Gasteiger partial charge is 0.508 e. The number of aryl methyl sites for hydroxylation is 1. The summed E-state index contributed by atoms with van der Waals surface area (Å²) in [6.07, 6.45) is 0. The second-order valence-electron chi connectivity index (χ2n) is 4.32. The van der Waals surface area contributed by atoms with E-state index in [0.29, 0.717) is 16.7 Å². The minimum Gasteiger partial charge on any atom is -0.508 e. The first-order valence-electron chi connectivity index (χ1n) is 5.45. The molecule has 0 aliphatic heterocycles. The predicted molar refractivity (Wildman–Crippen MR) is 68.0 cm³/mol. The number of phenolic OH excluding ortho intramolecular Hbond substituents is 4. The molecule has 4 heteroatoms. The van der Waals surface area contributed by atoms with E-state index in [1.165, 1.54) is 18.2 Å². The number of aromatic hydroxyl groups is 4. The highest BCUT2D eigenvalue weighted by Gasteiger charge is 2.14. The van der Waals surface area contributed by atoms with Crippen LogP contribution in [0.5, 0.6) is 23.0 Å². The van der Waals surface area contributed by atoms with Crippen molar-refractivity contribution in [3.05, 3.63) is 35.4 Å². The molecule has 2 aromatic rings. The van der Waals surface area contributed by atoms with Gasteiger partial charge in [-0.3, -0.25) is 0 Å². The van der Waals surface area contributed by atoms with Gasteiger partial charge < -0.3 is 20.4 Å². The van der Waals surface area contributed by atoms with Crippen LogP contribution in [-0.4, -0.2) is 20.4 Å². The molecule has 0 saturated heterocycles. The molecule has 0 aromatic heterocycles. The Balaban J connectivity index is 2.77. The van der Waals surface area contributed by atoms with Gasteiger partial charge in [-0.05, 0) is 48.7 Å². The van der Waals surface area contributed by atoms with Crippen molar-refractivity contribution >= 4 is 0 Å². The zero-order valence-electron chi connectivity index (χ0n) is 10.1. The second-order valence-corrected chi connectivity index (χ2v) is 4.32. The summed E-state index contributed by atoms with van der Waals surface area (Å²) in [7, 11) is 0. The molecule has 2 aromatic carbocycles. The van der Waals surface area contributed by atoms with Crippen LogP contribution in [0.4, 0.5) is 0 Å². The Hall–Kier alpha value is -2.36. The topological polar surface area (TPSA) is 80.9 Å². The Bertz CT molecular complexity index is 562. The van der Waals surface area contributed by atoms with Crippen LogP contribution in [-0.2, 0) is 0 Å². The van der Waals surface area contributed by atoms with Gasteiger partial charge in [0.05, 0.1) is 0 Å². The second kappa shape index (κ2) is 4.14. The average Bonchev–Trinajstić information content (AvgIpc) is 2.28. The molecule has 0 unspecified atom stereocenters. The van der Waals surface area contributed by atoms with Crippen molar-refractivity contribution < 1.29 is 20.4 Å². The van der Waals surface area contributed by atoms with Gasteiger partial charge >= 0.3 is 0 Å². The third-order valence-electron chi connectivity index (χ3n) is 2.89. The molecule has 0 bridgehead atoms. The average molecular weight is 246 g/mol. The first-order valence-corrected chi connectivity index (χ1v) is 5.45. The lowest BCUT2D eigenvalue weighted by Gasteiger charge is -2.12. The van der Waals surface area contributed by atoms with E-state index in [1.807, 2.05) is 0 Å². The van der Waals surface area contributed by atoms with Crippen molar-refractivity contribution in [2.75, 3.05) is 0 Å². The molecule has 4 nitrogen and oxygen atoms in total. The minimum atomic E-state index is -0.270. The van der Waals surface area contributed by atoms with E-state index in [0.717, 1.165) is 5.56 Å². The predicted octanol–water partition coefficient (Wildman–Crippen LogP) is 2.79. The first-order chi connectivity index (χ1) is 8.40. The molecule has 0 spiro atoms. The van der Waals surface area contributed by atoms with E-state index in [2.05, 4.69) is 0 Å². The summed E-state index contributed by atoms with van der Waals surface area (Å²) in [4.78, 5) is 0. The van der Waals surface area contributed by atoms with E-state index < -0.39 is 0 Å². The Morgan fingerprint density at radius 2 is 1.39 bits per heavy atom. The molecule has 94 valence electrons. The Labute approximate surface area is 104 Å². The lowest BCUT2D eigenvalue weighted by molar-refractivity contribution is 0.404. The van der Waals surface area contributed by atoms with Crippen LogP contribution >= 0.6 is 0 Å². The summed E-state index contributed by atoms with van der Waals surface area (Å²) in [5.41, 5.74) is 2.14. The molecular weight excluding hydrogens is 232 g/mol. The third kappa shape index (κ3) is 1.93. The highest BCUT2D eigenvalue weighted by Crippen LogP contribution is 2.42. The molecule has 4 N–H and O–H groups in total. The summed E-state index contributed by atoms with van der Waals surface area (Å²) in [5, 5.41) is 38.6. The van der Waals surface area contributed by atoms with Crippen molar-refractivity contribution in [2.45, 2.75) is 13.8 Å². The Morgan fingerprint density at radius 3 is 2.06 bits per heavy atom. The lowest BCUT2D eigenvalue weighted by Crippen LogP contribution is -1.87. The molecule has 0 aliphatic rings. The molecule has 0 heterocycles. The standard InChI is InChI=1S/C14H14O4/c1-7-3-11(14(18)13(17)4-7)10-5-9(15)6-12(16)8(10)2/h3-6,15-18H,1-2H3. The molecule has 0 amide bonds. The molecule has 0 saturated carbocycles. The van der Waals surface area contributed by atoms with Gasteiger partial charge in [-0.15, -0.1) is 0 Å². The molecule has 0 atom stereocenters. The van der Waals surface area contributed by atoms with Crippen molar-refractivity contribution in [3.63, 3.8) is 0 Å². The van der Waals surface area contributed by atoms with Crippen LogP contribution < -0.4 is 0 Å². The van der Waals surface area contributed by atoms with Crippen molar-refractivity contribution in [1.29, 1.82) is 0 Å². The van der Waals surface area contributed by atoms with E-state index in [1.54, 1.807) is 19.9 Å². The van der Waals surface area contributed by atoms with Gasteiger partial charge in [0.15, 0.2) is 11.5 Å². The molecule has 0 aliphatic carbocycles. The van der Waals surface area contributed by atoms with Crippen LogP contribution in [0.15, 0.2) is 24.3 Å². The summed E-state index contributed by atoms with van der Waals surface area (Å²) in [6, 6.07) is 5.78. The summed E-state index contributed by atoms with van der Waals surface area (Å²) < 4.78 is 0. The van der Waals surface area contributed by atoms with Crippen molar-refractivity contribution in [3.8, 4) is 34.1 Å². The summed E-state index contributed by atoms with van der Waals surface area (Å²) in [6.45, 7) is 3.45. The number of benzene rings is 2. The third-order valence-corrected chi connectivity index (χ3v) is 2.89. The Kier molecular flexibility index (Phi) is 2.79. The number of hydrogen-bond acceptors (Lipinski definition) is 4. The molecule has 0 radical (unpaired) electrons. The van der Waals surface area contributed by atoms with Crippen molar-refractivity contribution in [1.82, 2.24) is 0 Å². The van der Waals surface area contributed by atoms with Crippen LogP contribution in [0.1, 0.15) is 11.1 Å². The van der Waals surface area contributed by atoms with Gasteiger partial charge in [0, 0.05) is 11.6 Å². The maximum atomic E-state index is 9.87. The van der Waals surface area contributed by atoms with E-state index in [-0.39, 0.29) is 23.0 Å². The lowest BCUT2D eigenvalue weighted by atomic mass is 9.96. The van der Waals surface area contributed by atoms with Crippen LogP contribution in [0.2, 0.25) is 0 Å². The van der Waals surface area contributed by atoms with E-state index >= 15 is 0 Å². The highest BCUT2D eigenvalue weighted by atomic mass is 16.3. The summed E-state index contributed by atoms with van der Waals surface area (Å²) >= 11 is 0. The first kappa shape index (κ1) is 12.1. The SMILES string of the molecule is Cc1cc(O)c(O)c(-c2cc(O)cc(O)c2C)c1. The van der Waals surface area contributed by atoms with Gasteiger partial charge in [0.1, 0.15) is 11.5 Å². The zero-order valence-corrected chi connectivity index (χ0v) is 10.1. The maximum Gasteiger partial charge on any atom is 0.165 e. The zero-order chi connectivity index (χ0) is 13.4. The van der Waals surface area contributed by atoms with Gasteiger partial charge in [-0.25, -0.2) is 0 Å². The Morgan fingerprint density at radius 1 is 0.722 bits per heavy atom. The van der Waals surface area contributed by atoms with Crippen LogP contribution in [0.25, 0.3) is 11.1 Å². The normalized spacial score (nSPS) is 10.6. The monoisotopic (exact) mass is 246 g/mol. The molecular formula is C14H14O4. The molecule has 18 heavy (non-hydrogen) atoms. The van der Waals surface area contributed by atoms with Gasteiger partial charge in [-0.1, -0.05) is 0 Å². The van der Waals surface area contributed by atoms with Gasteiger partial charge in [0.2, 0.25) is 0 Å². The van der Waals surface area contributed by atoms with Gasteiger partial charge in [-0.2, -0.15) is 0 Å². The number of phenols is 4. The smallest absolute Gasteiger partial charge is 0.165 e. The fourth-order valence-electron chi connectivity index (χ4n) is 1.93. The van der Waals surface area contributed by atoms with E-state index in [9.17, 15) is 20.4 Å². The molecule has 2 rings (SSSR count). The quantitative estimate of drug-likeness (QED) is 0.583. The van der Waals surface area contributed by atoms with Crippen LogP contribution in [0.3, 0.4) is 0 Å². The number of hydrogen-bond donors (Lipinski definition) is 4. The van der Waals surface area contributed by atoms with E-state index in [4.69, 9.17) is 0 Å². The fraction of sp³-hybridized carbons (Fsp3) is 0.143.